The number of nitrogens with zero attached hydrogens (tertiary/aromatic N) is 2. The Morgan fingerprint density at radius 2 is 2.17 bits per heavy atom. The van der Waals surface area contributed by atoms with Gasteiger partial charge < -0.3 is 9.55 Å². The number of H-pyrrole nitrogens is 1. The van der Waals surface area contributed by atoms with Gasteiger partial charge in [0.15, 0.2) is 5.16 Å². The van der Waals surface area contributed by atoms with Gasteiger partial charge in [0.2, 0.25) is 0 Å². The molecular weight excluding hydrogens is 242 g/mol. The zero-order valence-electron chi connectivity index (χ0n) is 10.5. The molecule has 0 saturated carbocycles. The summed E-state index contributed by atoms with van der Waals surface area (Å²) in [5, 5.41) is 2.30. The molecule has 3 aromatic rings. The summed E-state index contributed by atoms with van der Waals surface area (Å²) >= 11 is 1.76. The molecule has 0 atom stereocenters. The van der Waals surface area contributed by atoms with E-state index < -0.39 is 0 Å². The van der Waals surface area contributed by atoms with Crippen LogP contribution >= 0.6 is 11.8 Å². The molecular formula is C14H15N3S. The van der Waals surface area contributed by atoms with Gasteiger partial charge in [-0.1, -0.05) is 36.9 Å². The number of thioether (sulfide) groups is 1. The Morgan fingerprint density at radius 1 is 1.33 bits per heavy atom. The van der Waals surface area contributed by atoms with Crippen molar-refractivity contribution < 1.29 is 0 Å². The second-order valence-electron chi connectivity index (χ2n) is 4.19. The van der Waals surface area contributed by atoms with Crippen LogP contribution in [0.3, 0.4) is 0 Å². The standard InChI is InChI=1S/C14H15N3S/c1-3-18-14-15-9-13(17(14)2)12-8-10-6-4-5-7-11(10)16-12/h4-9,16H,3H2,1-2H3. The number of fused-ring (bicyclic) bond motifs is 1. The van der Waals surface area contributed by atoms with E-state index in [1.807, 2.05) is 12.3 Å². The molecule has 0 radical (unpaired) electrons. The smallest absolute Gasteiger partial charge is 0.168 e. The zero-order chi connectivity index (χ0) is 12.5. The topological polar surface area (TPSA) is 33.6 Å². The first-order valence-corrected chi connectivity index (χ1v) is 7.01. The summed E-state index contributed by atoms with van der Waals surface area (Å²) in [7, 11) is 2.06. The Hall–Kier alpha value is -1.68. The van der Waals surface area contributed by atoms with E-state index in [0.717, 1.165) is 22.3 Å². The lowest BCUT2D eigenvalue weighted by Crippen LogP contribution is -1.94. The van der Waals surface area contributed by atoms with Crippen molar-refractivity contribution in [3.05, 3.63) is 36.5 Å². The Labute approximate surface area is 110 Å². The van der Waals surface area contributed by atoms with E-state index in [0.29, 0.717) is 0 Å². The first-order valence-electron chi connectivity index (χ1n) is 6.02. The number of benzene rings is 1. The minimum atomic E-state index is 1.04. The second kappa shape index (κ2) is 4.53. The monoisotopic (exact) mass is 257 g/mol. The van der Waals surface area contributed by atoms with Gasteiger partial charge in [-0.05, 0) is 17.9 Å². The van der Waals surface area contributed by atoms with E-state index in [2.05, 4.69) is 52.8 Å². The van der Waals surface area contributed by atoms with Gasteiger partial charge in [0.05, 0.1) is 17.6 Å². The van der Waals surface area contributed by atoms with E-state index in [4.69, 9.17) is 0 Å². The minimum absolute atomic E-state index is 1.04. The van der Waals surface area contributed by atoms with Crippen molar-refractivity contribution in [3.63, 3.8) is 0 Å². The van der Waals surface area contributed by atoms with Crippen molar-refractivity contribution in [2.24, 2.45) is 7.05 Å². The number of hydrogen-bond donors (Lipinski definition) is 1. The van der Waals surface area contributed by atoms with E-state index in [-0.39, 0.29) is 0 Å². The third-order valence-corrected chi connectivity index (χ3v) is 3.95. The zero-order valence-corrected chi connectivity index (χ0v) is 11.3. The second-order valence-corrected chi connectivity index (χ2v) is 5.42. The molecule has 3 rings (SSSR count). The number of hydrogen-bond acceptors (Lipinski definition) is 2. The van der Waals surface area contributed by atoms with Gasteiger partial charge in [-0.25, -0.2) is 4.98 Å². The minimum Gasteiger partial charge on any atom is -0.353 e. The number of nitrogens with one attached hydrogen (secondary N) is 1. The predicted molar refractivity (Wildman–Crippen MR) is 76.9 cm³/mol. The molecule has 1 N–H and O–H groups in total. The van der Waals surface area contributed by atoms with Gasteiger partial charge in [0.25, 0.3) is 0 Å². The highest BCUT2D eigenvalue weighted by Gasteiger charge is 2.10. The Balaban J connectivity index is 2.08. The van der Waals surface area contributed by atoms with Crippen molar-refractivity contribution in [2.45, 2.75) is 12.1 Å². The molecule has 0 saturated heterocycles. The van der Waals surface area contributed by atoms with E-state index in [1.54, 1.807) is 11.8 Å². The lowest BCUT2D eigenvalue weighted by Gasteiger charge is -2.02. The van der Waals surface area contributed by atoms with Crippen molar-refractivity contribution in [1.82, 2.24) is 14.5 Å². The predicted octanol–water partition coefficient (Wildman–Crippen LogP) is 3.68. The summed E-state index contributed by atoms with van der Waals surface area (Å²) in [6.45, 7) is 2.14. The molecule has 2 aromatic heterocycles. The van der Waals surface area contributed by atoms with E-state index in [1.165, 1.54) is 10.9 Å². The fourth-order valence-corrected chi connectivity index (χ4v) is 2.79. The van der Waals surface area contributed by atoms with Crippen molar-refractivity contribution in [2.75, 3.05) is 5.75 Å². The molecule has 0 aliphatic heterocycles. The van der Waals surface area contributed by atoms with E-state index in [9.17, 15) is 0 Å². The van der Waals surface area contributed by atoms with Crippen LogP contribution in [0.2, 0.25) is 0 Å². The van der Waals surface area contributed by atoms with Crippen LogP contribution in [-0.4, -0.2) is 20.3 Å². The normalized spacial score (nSPS) is 11.2. The Bertz CT molecular complexity index is 648. The summed E-state index contributed by atoms with van der Waals surface area (Å²) in [5.41, 5.74) is 3.41. The highest BCUT2D eigenvalue weighted by molar-refractivity contribution is 7.99. The molecule has 92 valence electrons. The van der Waals surface area contributed by atoms with Crippen molar-refractivity contribution >= 4 is 22.7 Å². The van der Waals surface area contributed by atoms with Crippen LogP contribution in [-0.2, 0) is 7.05 Å². The first-order chi connectivity index (χ1) is 8.79. The van der Waals surface area contributed by atoms with E-state index >= 15 is 0 Å². The lowest BCUT2D eigenvalue weighted by atomic mass is 10.2. The molecule has 0 aliphatic carbocycles. The van der Waals surface area contributed by atoms with Crippen LogP contribution in [0.15, 0.2) is 41.7 Å². The summed E-state index contributed by atoms with van der Waals surface area (Å²) < 4.78 is 2.14. The van der Waals surface area contributed by atoms with Gasteiger partial charge in [-0.15, -0.1) is 0 Å². The van der Waals surface area contributed by atoms with Crippen LogP contribution in [0.25, 0.3) is 22.3 Å². The van der Waals surface area contributed by atoms with Crippen LogP contribution in [0.5, 0.6) is 0 Å². The Kier molecular flexibility index (Phi) is 2.88. The highest BCUT2D eigenvalue weighted by atomic mass is 32.2. The maximum atomic E-state index is 4.46. The molecule has 18 heavy (non-hydrogen) atoms. The number of imidazole rings is 1. The molecule has 0 bridgehead atoms. The van der Waals surface area contributed by atoms with Crippen LogP contribution < -0.4 is 0 Å². The average Bonchev–Trinajstić information content (AvgIpc) is 2.94. The Morgan fingerprint density at radius 3 is 2.94 bits per heavy atom. The molecule has 0 fully saturated rings. The van der Waals surface area contributed by atoms with Gasteiger partial charge in [-0.3, -0.25) is 0 Å². The fraction of sp³-hybridized carbons (Fsp3) is 0.214. The molecule has 1 aromatic carbocycles. The molecule has 4 heteroatoms. The average molecular weight is 257 g/mol. The molecule has 0 unspecified atom stereocenters. The van der Waals surface area contributed by atoms with Gasteiger partial charge in [-0.2, -0.15) is 0 Å². The number of aromatic nitrogens is 3. The number of para-hydroxylation sites is 1. The summed E-state index contributed by atoms with van der Waals surface area (Å²) in [5.74, 6) is 1.04. The molecule has 0 aliphatic rings. The summed E-state index contributed by atoms with van der Waals surface area (Å²) in [6, 6.07) is 10.5. The largest absolute Gasteiger partial charge is 0.353 e. The highest BCUT2D eigenvalue weighted by Crippen LogP contribution is 2.26. The molecule has 3 nitrogen and oxygen atoms in total. The summed E-state index contributed by atoms with van der Waals surface area (Å²) in [6.07, 6.45) is 1.93. The van der Waals surface area contributed by atoms with Gasteiger partial charge >= 0.3 is 0 Å². The SMILES string of the molecule is CCSc1ncc(-c2cc3ccccc3[nH]2)n1C. The van der Waals surface area contributed by atoms with Crippen molar-refractivity contribution in [3.8, 4) is 11.4 Å². The lowest BCUT2D eigenvalue weighted by molar-refractivity contribution is 0.795. The van der Waals surface area contributed by atoms with Crippen LogP contribution in [0.4, 0.5) is 0 Å². The molecule has 2 heterocycles. The fourth-order valence-electron chi connectivity index (χ4n) is 2.12. The number of aromatic amines is 1. The molecule has 0 amide bonds. The molecule has 0 spiro atoms. The van der Waals surface area contributed by atoms with Gasteiger partial charge in [0, 0.05) is 18.0 Å². The third kappa shape index (κ3) is 1.82. The third-order valence-electron chi connectivity index (χ3n) is 3.02. The number of rotatable bonds is 3. The van der Waals surface area contributed by atoms with Crippen molar-refractivity contribution in [1.29, 1.82) is 0 Å². The maximum Gasteiger partial charge on any atom is 0.168 e. The van der Waals surface area contributed by atoms with Crippen LogP contribution in [0.1, 0.15) is 6.92 Å². The first kappa shape index (κ1) is 11.4. The van der Waals surface area contributed by atoms with Crippen LogP contribution in [0, 0.1) is 0 Å². The summed E-state index contributed by atoms with van der Waals surface area (Å²) in [4.78, 5) is 7.90. The van der Waals surface area contributed by atoms with Gasteiger partial charge in [0.1, 0.15) is 0 Å². The quantitative estimate of drug-likeness (QED) is 0.726. The maximum absolute atomic E-state index is 4.46.